The molecule has 3 heterocycles. The van der Waals surface area contributed by atoms with Crippen molar-refractivity contribution in [1.29, 1.82) is 0 Å². The summed E-state index contributed by atoms with van der Waals surface area (Å²) in [6.45, 7) is 0. The number of pyridine rings is 1. The van der Waals surface area contributed by atoms with Crippen LogP contribution in [0.1, 0.15) is 0 Å². The predicted octanol–water partition coefficient (Wildman–Crippen LogP) is 11.2. The minimum Gasteiger partial charge on any atom is -0.291 e. The van der Waals surface area contributed by atoms with Crippen molar-refractivity contribution in [2.45, 2.75) is 0 Å². The molecule has 248 valence electrons. The molecular weight excluding hydrogens is 649 g/mol. The first-order valence-corrected chi connectivity index (χ1v) is 17.6. The van der Waals surface area contributed by atoms with E-state index in [0.29, 0.717) is 17.5 Å². The maximum Gasteiger partial charge on any atom is 0.165 e. The molecule has 53 heavy (non-hydrogen) atoms. The maximum absolute atomic E-state index is 5.16. The zero-order chi connectivity index (χ0) is 35.1. The van der Waals surface area contributed by atoms with E-state index in [-0.39, 0.29) is 0 Å². The Morgan fingerprint density at radius 2 is 0.868 bits per heavy atom. The average molecular weight is 679 g/mol. The number of hydrogen-bond donors (Lipinski definition) is 0. The maximum atomic E-state index is 5.16. The quantitative estimate of drug-likeness (QED) is 0.164. The molecule has 0 unspecified atom stereocenters. The van der Waals surface area contributed by atoms with Crippen molar-refractivity contribution in [3.05, 3.63) is 182 Å². The fourth-order valence-corrected chi connectivity index (χ4v) is 7.33. The van der Waals surface area contributed by atoms with Crippen molar-refractivity contribution >= 4 is 32.6 Å². The molecule has 10 rings (SSSR count). The molecule has 0 aliphatic carbocycles. The van der Waals surface area contributed by atoms with Gasteiger partial charge in [-0.2, -0.15) is 0 Å². The van der Waals surface area contributed by atoms with E-state index >= 15 is 0 Å². The fraction of sp³-hybridized carbons (Fsp3) is 0. The van der Waals surface area contributed by atoms with Crippen LogP contribution in [0.2, 0.25) is 0 Å². The molecule has 7 aromatic carbocycles. The highest BCUT2D eigenvalue weighted by Gasteiger charge is 2.21. The van der Waals surface area contributed by atoms with Crippen LogP contribution in [0.4, 0.5) is 0 Å². The van der Waals surface area contributed by atoms with Crippen molar-refractivity contribution in [2.75, 3.05) is 0 Å². The Hall–Kier alpha value is -7.31. The average Bonchev–Trinajstić information content (AvgIpc) is 3.63. The van der Waals surface area contributed by atoms with Gasteiger partial charge in [0.2, 0.25) is 0 Å². The van der Waals surface area contributed by atoms with Crippen molar-refractivity contribution < 1.29 is 0 Å². The Balaban J connectivity index is 1.18. The molecule has 6 heteroatoms. The molecule has 0 aliphatic rings. The Kier molecular flexibility index (Phi) is 7.36. The molecule has 3 aromatic heterocycles. The van der Waals surface area contributed by atoms with Gasteiger partial charge in [-0.05, 0) is 69.1 Å². The zero-order valence-electron chi connectivity index (χ0n) is 28.5. The van der Waals surface area contributed by atoms with Gasteiger partial charge in [0.05, 0.1) is 11.0 Å². The molecule has 6 nitrogen and oxygen atoms in total. The number of fused-ring (bicyclic) bond motifs is 3. The third-order valence-electron chi connectivity index (χ3n) is 9.72. The fourth-order valence-electron chi connectivity index (χ4n) is 7.33. The molecule has 0 bridgehead atoms. The van der Waals surface area contributed by atoms with Crippen LogP contribution in [0.15, 0.2) is 182 Å². The molecule has 0 amide bonds. The van der Waals surface area contributed by atoms with Crippen molar-refractivity contribution in [3.8, 4) is 62.5 Å². The SMILES string of the molecule is c1ccc(-c2nc(-c3ccccc3)nc(-c3c4ccccc4c(-c4ccc(-n5c(-c6ccccn6)nc6ccccc65)cc4)c4ccccc34)n2)cc1. The van der Waals surface area contributed by atoms with E-state index in [2.05, 4.69) is 94.5 Å². The van der Waals surface area contributed by atoms with Gasteiger partial charge in [0.25, 0.3) is 0 Å². The summed E-state index contributed by atoms with van der Waals surface area (Å²) in [4.78, 5) is 24.9. The molecule has 0 radical (unpaired) electrons. The van der Waals surface area contributed by atoms with E-state index in [9.17, 15) is 0 Å². The summed E-state index contributed by atoms with van der Waals surface area (Å²) < 4.78 is 2.19. The first-order valence-electron chi connectivity index (χ1n) is 17.6. The molecule has 0 saturated heterocycles. The molecule has 10 aromatic rings. The number of hydrogen-bond acceptors (Lipinski definition) is 5. The van der Waals surface area contributed by atoms with Gasteiger partial charge in [0.15, 0.2) is 23.3 Å². The van der Waals surface area contributed by atoms with Crippen LogP contribution in [-0.4, -0.2) is 29.5 Å². The van der Waals surface area contributed by atoms with E-state index < -0.39 is 0 Å². The van der Waals surface area contributed by atoms with Gasteiger partial charge >= 0.3 is 0 Å². The van der Waals surface area contributed by atoms with Crippen LogP contribution in [0.5, 0.6) is 0 Å². The van der Waals surface area contributed by atoms with Crippen LogP contribution < -0.4 is 0 Å². The summed E-state index contributed by atoms with van der Waals surface area (Å²) in [6, 6.07) is 60.3. The summed E-state index contributed by atoms with van der Waals surface area (Å²) in [6.07, 6.45) is 1.81. The van der Waals surface area contributed by atoms with E-state index in [4.69, 9.17) is 19.9 Å². The second-order valence-electron chi connectivity index (χ2n) is 12.9. The topological polar surface area (TPSA) is 69.4 Å². The van der Waals surface area contributed by atoms with E-state index in [1.54, 1.807) is 0 Å². The Labute approximate surface area is 305 Å². The minimum atomic E-state index is 0.638. The van der Waals surface area contributed by atoms with Gasteiger partial charge in [-0.1, -0.05) is 140 Å². The van der Waals surface area contributed by atoms with E-state index in [0.717, 1.165) is 77.6 Å². The monoisotopic (exact) mass is 678 g/mol. The van der Waals surface area contributed by atoms with E-state index in [1.807, 2.05) is 97.2 Å². The number of para-hydroxylation sites is 2. The third-order valence-corrected chi connectivity index (χ3v) is 9.72. The summed E-state index contributed by atoms with van der Waals surface area (Å²) in [7, 11) is 0. The number of nitrogens with zero attached hydrogens (tertiary/aromatic N) is 6. The lowest BCUT2D eigenvalue weighted by atomic mass is 9.88. The Morgan fingerprint density at radius 1 is 0.358 bits per heavy atom. The molecule has 0 saturated carbocycles. The lowest BCUT2D eigenvalue weighted by molar-refractivity contribution is 1.08. The summed E-state index contributed by atoms with van der Waals surface area (Å²) in [5.74, 6) is 2.72. The molecule has 0 N–H and O–H groups in total. The van der Waals surface area contributed by atoms with Gasteiger partial charge in [-0.3, -0.25) is 9.55 Å². The smallest absolute Gasteiger partial charge is 0.165 e. The minimum absolute atomic E-state index is 0.638. The van der Waals surface area contributed by atoms with Crippen LogP contribution in [0.3, 0.4) is 0 Å². The predicted molar refractivity (Wildman–Crippen MR) is 214 cm³/mol. The van der Waals surface area contributed by atoms with Crippen LogP contribution >= 0.6 is 0 Å². The van der Waals surface area contributed by atoms with Gasteiger partial charge in [0, 0.05) is 28.6 Å². The van der Waals surface area contributed by atoms with E-state index in [1.165, 1.54) is 0 Å². The Morgan fingerprint density at radius 3 is 1.45 bits per heavy atom. The molecule has 0 spiro atoms. The number of rotatable bonds is 6. The number of imidazole rings is 1. The van der Waals surface area contributed by atoms with Crippen LogP contribution in [-0.2, 0) is 0 Å². The van der Waals surface area contributed by atoms with Crippen LogP contribution in [0.25, 0.3) is 95.1 Å². The first-order chi connectivity index (χ1) is 26.3. The Bertz CT molecular complexity index is 2810. The van der Waals surface area contributed by atoms with Gasteiger partial charge in [-0.15, -0.1) is 0 Å². The van der Waals surface area contributed by atoms with Crippen LogP contribution in [0, 0.1) is 0 Å². The number of benzene rings is 7. The zero-order valence-corrected chi connectivity index (χ0v) is 28.5. The molecular formula is C47H30N6. The molecule has 0 atom stereocenters. The summed E-state index contributed by atoms with van der Waals surface area (Å²) in [5, 5.41) is 4.40. The summed E-state index contributed by atoms with van der Waals surface area (Å²) in [5.41, 5.74) is 8.93. The highest BCUT2D eigenvalue weighted by molar-refractivity contribution is 6.20. The van der Waals surface area contributed by atoms with Crippen molar-refractivity contribution in [1.82, 2.24) is 29.5 Å². The standard InChI is InChI=1S/C47H30N6/c1-3-15-32(16-4-1)44-50-45(33-17-5-2-6-18-33)52-46(51-44)43-37-21-9-7-19-35(37)42(36-20-8-10-22-38(36)43)31-26-28-34(29-27-31)53-41-25-12-11-23-39(41)49-47(53)40-24-13-14-30-48-40/h1-30H. The lowest BCUT2D eigenvalue weighted by Crippen LogP contribution is -2.01. The highest BCUT2D eigenvalue weighted by atomic mass is 15.1. The second kappa shape index (κ2) is 12.8. The molecule has 0 aliphatic heterocycles. The normalized spacial score (nSPS) is 11.4. The van der Waals surface area contributed by atoms with Crippen molar-refractivity contribution in [2.24, 2.45) is 0 Å². The summed E-state index contributed by atoms with van der Waals surface area (Å²) >= 11 is 0. The third kappa shape index (κ3) is 5.32. The highest BCUT2D eigenvalue weighted by Crippen LogP contribution is 2.43. The number of aromatic nitrogens is 6. The van der Waals surface area contributed by atoms with Gasteiger partial charge in [0.1, 0.15) is 5.69 Å². The van der Waals surface area contributed by atoms with Gasteiger partial charge in [-0.25, -0.2) is 19.9 Å². The largest absolute Gasteiger partial charge is 0.291 e. The van der Waals surface area contributed by atoms with Gasteiger partial charge < -0.3 is 0 Å². The molecule has 0 fully saturated rings. The second-order valence-corrected chi connectivity index (χ2v) is 12.9. The first kappa shape index (κ1) is 30.5. The van der Waals surface area contributed by atoms with Crippen molar-refractivity contribution in [3.63, 3.8) is 0 Å². The lowest BCUT2D eigenvalue weighted by Gasteiger charge is -2.18.